The molecule has 0 bridgehead atoms. The second-order valence-electron chi connectivity index (χ2n) is 10.3. The minimum absolute atomic E-state index is 0. The molecular weight excluding hydrogens is 765 g/mol. The molecule has 0 aliphatic carbocycles. The van der Waals surface area contributed by atoms with Gasteiger partial charge in [0, 0.05) is 64.1 Å². The Hall–Kier alpha value is -4.48. The van der Waals surface area contributed by atoms with E-state index in [-0.39, 0.29) is 28.4 Å². The standard InChI is InChI=1S/2C16H19N3O2.2BF4.Ni/c2*1-21-16(20)8-11-19(12-14-6-2-4-9-17-14)13-15-7-3-5-10-18-15;2*2-1(3,4)5;/h2*2-7,9-10H,8,11-13H2,1H3;;;/q;;2*-1;+2. The van der Waals surface area contributed by atoms with Crippen LogP contribution in [0.1, 0.15) is 35.6 Å². The van der Waals surface area contributed by atoms with Gasteiger partial charge in [-0.25, -0.2) is 0 Å². The fraction of sp³-hybridized carbons (Fsp3) is 0.312. The number of pyridine rings is 4. The molecule has 21 heteroatoms. The van der Waals surface area contributed by atoms with Crippen LogP contribution in [0.5, 0.6) is 0 Å². The molecule has 4 aromatic heterocycles. The van der Waals surface area contributed by atoms with Gasteiger partial charge in [-0.1, -0.05) is 24.3 Å². The Bertz CT molecular complexity index is 1320. The van der Waals surface area contributed by atoms with E-state index < -0.39 is 14.5 Å². The van der Waals surface area contributed by atoms with Gasteiger partial charge < -0.3 is 44.0 Å². The van der Waals surface area contributed by atoms with Crippen molar-refractivity contribution in [3.63, 3.8) is 0 Å². The van der Waals surface area contributed by atoms with Gasteiger partial charge >= 0.3 is 42.9 Å². The number of halogens is 8. The summed E-state index contributed by atoms with van der Waals surface area (Å²) in [5.41, 5.74) is 3.88. The molecule has 4 heterocycles. The zero-order valence-corrected chi connectivity index (χ0v) is 29.7. The Kier molecular flexibility index (Phi) is 24.9. The molecule has 0 spiro atoms. The number of hydrogen-bond acceptors (Lipinski definition) is 10. The summed E-state index contributed by atoms with van der Waals surface area (Å²) in [5, 5.41) is 0. The van der Waals surface area contributed by atoms with E-state index in [9.17, 15) is 44.1 Å². The van der Waals surface area contributed by atoms with Crippen molar-refractivity contribution in [3.05, 3.63) is 120 Å². The number of nitrogens with zero attached hydrogens (tertiary/aromatic N) is 6. The van der Waals surface area contributed by atoms with Crippen LogP contribution in [-0.4, -0.2) is 83.5 Å². The number of carbonyl (C=O) groups is 2. The average Bonchev–Trinajstić information content (AvgIpc) is 3.10. The van der Waals surface area contributed by atoms with Gasteiger partial charge in [-0.3, -0.25) is 39.3 Å². The van der Waals surface area contributed by atoms with E-state index in [1.165, 1.54) is 14.2 Å². The SMILES string of the molecule is COC(=O)CCN(Cc1ccccn1)Cc1ccccn1.COC(=O)CCN(Cc1ccccn1)Cc1ccccn1.F[B-](F)(F)F.F[B-](F)(F)F.[Ni+2]. The number of ether oxygens (including phenoxy) is 2. The van der Waals surface area contributed by atoms with Crippen molar-refractivity contribution in [1.29, 1.82) is 0 Å². The fourth-order valence-electron chi connectivity index (χ4n) is 4.01. The molecule has 0 aromatic carbocycles. The summed E-state index contributed by atoms with van der Waals surface area (Å²) in [7, 11) is -9.19. The van der Waals surface area contributed by atoms with Crippen LogP contribution in [-0.2, 0) is 61.7 Å². The number of methoxy groups -OCH3 is 2. The second-order valence-corrected chi connectivity index (χ2v) is 10.3. The topological polar surface area (TPSA) is 111 Å². The zero-order valence-electron chi connectivity index (χ0n) is 28.7. The van der Waals surface area contributed by atoms with E-state index in [0.29, 0.717) is 52.1 Å². The molecule has 4 aromatic rings. The third kappa shape index (κ3) is 29.8. The summed E-state index contributed by atoms with van der Waals surface area (Å²) >= 11 is 0. The molecule has 0 atom stereocenters. The summed E-state index contributed by atoms with van der Waals surface area (Å²) in [5.74, 6) is -0.413. The second kappa shape index (κ2) is 27.2. The molecule has 0 unspecified atom stereocenters. The average molecular weight is 803 g/mol. The van der Waals surface area contributed by atoms with Crippen LogP contribution in [0.4, 0.5) is 34.5 Å². The van der Waals surface area contributed by atoms with Crippen LogP contribution in [0, 0.1) is 0 Å². The van der Waals surface area contributed by atoms with Crippen LogP contribution in [0.25, 0.3) is 0 Å². The minimum atomic E-state index is -6.00. The van der Waals surface area contributed by atoms with Gasteiger partial charge in [0.05, 0.1) is 49.8 Å². The maximum atomic E-state index is 11.3. The predicted molar refractivity (Wildman–Crippen MR) is 179 cm³/mol. The Morgan fingerprint density at radius 2 is 0.736 bits per heavy atom. The van der Waals surface area contributed by atoms with Gasteiger partial charge in [-0.05, 0) is 48.5 Å². The predicted octanol–water partition coefficient (Wildman–Crippen LogP) is 6.68. The Morgan fingerprint density at radius 3 is 0.906 bits per heavy atom. The third-order valence-electron chi connectivity index (χ3n) is 6.17. The molecule has 0 radical (unpaired) electrons. The van der Waals surface area contributed by atoms with E-state index >= 15 is 0 Å². The van der Waals surface area contributed by atoms with E-state index in [1.54, 1.807) is 24.8 Å². The van der Waals surface area contributed by atoms with E-state index in [0.717, 1.165) is 22.8 Å². The minimum Gasteiger partial charge on any atom is -0.469 e. The van der Waals surface area contributed by atoms with Crippen molar-refractivity contribution in [2.24, 2.45) is 0 Å². The molecule has 0 fully saturated rings. The number of hydrogen-bond donors (Lipinski definition) is 0. The molecular formula is C32H38B2F8N6NiO4. The summed E-state index contributed by atoms with van der Waals surface area (Å²) in [6, 6.07) is 23.3. The van der Waals surface area contributed by atoms with E-state index in [1.807, 2.05) is 72.8 Å². The van der Waals surface area contributed by atoms with Crippen LogP contribution >= 0.6 is 0 Å². The molecule has 0 saturated carbocycles. The van der Waals surface area contributed by atoms with Crippen molar-refractivity contribution in [3.8, 4) is 0 Å². The number of aromatic nitrogens is 4. The van der Waals surface area contributed by atoms with Crippen LogP contribution in [0.3, 0.4) is 0 Å². The first-order valence-electron chi connectivity index (χ1n) is 15.5. The number of esters is 2. The third-order valence-corrected chi connectivity index (χ3v) is 6.17. The Labute approximate surface area is 312 Å². The molecule has 0 amide bonds. The van der Waals surface area contributed by atoms with Crippen LogP contribution < -0.4 is 0 Å². The van der Waals surface area contributed by atoms with Crippen molar-refractivity contribution < 1.29 is 70.1 Å². The van der Waals surface area contributed by atoms with Gasteiger partial charge in [0.1, 0.15) is 0 Å². The molecule has 0 saturated heterocycles. The van der Waals surface area contributed by atoms with Gasteiger partial charge in [0.2, 0.25) is 0 Å². The molecule has 4 rings (SSSR count). The maximum Gasteiger partial charge on any atom is 2.00 e. The smallest absolute Gasteiger partial charge is 0.469 e. The quantitative estimate of drug-likeness (QED) is 0.0778. The van der Waals surface area contributed by atoms with Gasteiger partial charge in [-0.15, -0.1) is 0 Å². The van der Waals surface area contributed by atoms with Crippen molar-refractivity contribution >= 4 is 26.4 Å². The number of rotatable bonds is 14. The molecule has 0 N–H and O–H groups in total. The fourth-order valence-corrected chi connectivity index (χ4v) is 4.01. The van der Waals surface area contributed by atoms with Crippen molar-refractivity contribution in [2.45, 2.75) is 39.0 Å². The summed E-state index contributed by atoms with van der Waals surface area (Å²) in [6.07, 6.45) is 7.80. The largest absolute Gasteiger partial charge is 2.00 e. The van der Waals surface area contributed by atoms with Crippen LogP contribution in [0.15, 0.2) is 97.6 Å². The zero-order chi connectivity index (χ0) is 38.8. The van der Waals surface area contributed by atoms with Gasteiger partial charge in [0.25, 0.3) is 0 Å². The van der Waals surface area contributed by atoms with E-state index in [4.69, 9.17) is 9.47 Å². The van der Waals surface area contributed by atoms with Crippen molar-refractivity contribution in [2.75, 3.05) is 27.3 Å². The van der Waals surface area contributed by atoms with Gasteiger partial charge in [0.15, 0.2) is 0 Å². The Balaban J connectivity index is 0.000000802. The molecule has 292 valence electrons. The summed E-state index contributed by atoms with van der Waals surface area (Å²) < 4.78 is 87.4. The summed E-state index contributed by atoms with van der Waals surface area (Å²) in [6.45, 7) is 3.92. The first kappa shape index (κ1) is 48.5. The monoisotopic (exact) mass is 802 g/mol. The van der Waals surface area contributed by atoms with Gasteiger partial charge in [-0.2, -0.15) is 0 Å². The first-order chi connectivity index (χ1) is 24.6. The molecule has 10 nitrogen and oxygen atoms in total. The molecule has 0 aliphatic rings. The maximum absolute atomic E-state index is 11.3. The van der Waals surface area contributed by atoms with Crippen molar-refractivity contribution in [1.82, 2.24) is 29.7 Å². The molecule has 53 heavy (non-hydrogen) atoms. The van der Waals surface area contributed by atoms with E-state index in [2.05, 4.69) is 29.7 Å². The Morgan fingerprint density at radius 1 is 0.509 bits per heavy atom. The normalized spacial score (nSPS) is 10.6. The van der Waals surface area contributed by atoms with Crippen LogP contribution in [0.2, 0.25) is 0 Å². The number of carbonyl (C=O) groups excluding carboxylic acids is 2. The summed E-state index contributed by atoms with van der Waals surface area (Å²) in [4.78, 5) is 44.3. The first-order valence-corrected chi connectivity index (χ1v) is 15.5. The molecule has 0 aliphatic heterocycles.